The topological polar surface area (TPSA) is 35.2 Å². The molecule has 18 heavy (non-hydrogen) atoms. The van der Waals surface area contributed by atoms with E-state index in [4.69, 9.17) is 10.5 Å². The van der Waals surface area contributed by atoms with Crippen molar-refractivity contribution in [3.05, 3.63) is 28.7 Å². The van der Waals surface area contributed by atoms with Gasteiger partial charge in [0, 0.05) is 10.0 Å². The van der Waals surface area contributed by atoms with Crippen molar-refractivity contribution in [1.82, 2.24) is 0 Å². The number of benzene rings is 1. The third-order valence-electron chi connectivity index (χ3n) is 3.78. The minimum Gasteiger partial charge on any atom is -0.494 e. The van der Waals surface area contributed by atoms with E-state index in [0.29, 0.717) is 0 Å². The summed E-state index contributed by atoms with van der Waals surface area (Å²) < 4.78 is 6.85. The first kappa shape index (κ1) is 13.9. The molecule has 0 bridgehead atoms. The Morgan fingerprint density at radius 1 is 1.06 bits per heavy atom. The molecule has 0 heterocycles. The SMILES string of the molecule is NC1(CCOc2ccc(Br)cc2)CCCCCC1. The summed E-state index contributed by atoms with van der Waals surface area (Å²) in [7, 11) is 0. The molecule has 0 spiro atoms. The molecule has 0 unspecified atom stereocenters. The van der Waals surface area contributed by atoms with Gasteiger partial charge in [0.05, 0.1) is 6.61 Å². The molecule has 0 saturated heterocycles. The third-order valence-corrected chi connectivity index (χ3v) is 4.31. The molecule has 1 aromatic carbocycles. The highest BCUT2D eigenvalue weighted by Gasteiger charge is 2.25. The van der Waals surface area contributed by atoms with E-state index in [2.05, 4.69) is 15.9 Å². The molecule has 0 atom stereocenters. The zero-order chi connectivity index (χ0) is 12.8. The summed E-state index contributed by atoms with van der Waals surface area (Å²) in [5.74, 6) is 0.926. The Morgan fingerprint density at radius 3 is 2.28 bits per heavy atom. The largest absolute Gasteiger partial charge is 0.494 e. The predicted octanol–water partition coefficient (Wildman–Crippen LogP) is 4.27. The number of halogens is 1. The van der Waals surface area contributed by atoms with Crippen LogP contribution in [0.15, 0.2) is 28.7 Å². The molecule has 100 valence electrons. The van der Waals surface area contributed by atoms with Gasteiger partial charge in [-0.3, -0.25) is 0 Å². The third kappa shape index (κ3) is 4.29. The van der Waals surface area contributed by atoms with Gasteiger partial charge >= 0.3 is 0 Å². The second-order valence-electron chi connectivity index (χ2n) is 5.33. The lowest BCUT2D eigenvalue weighted by Crippen LogP contribution is -2.40. The lowest BCUT2D eigenvalue weighted by molar-refractivity contribution is 0.241. The first-order chi connectivity index (χ1) is 8.68. The fourth-order valence-corrected chi connectivity index (χ4v) is 2.85. The van der Waals surface area contributed by atoms with E-state index in [-0.39, 0.29) is 5.54 Å². The number of hydrogen-bond acceptors (Lipinski definition) is 2. The van der Waals surface area contributed by atoms with Crippen molar-refractivity contribution in [2.24, 2.45) is 5.73 Å². The molecule has 1 saturated carbocycles. The molecule has 0 aromatic heterocycles. The van der Waals surface area contributed by atoms with Gasteiger partial charge in [-0.1, -0.05) is 41.6 Å². The van der Waals surface area contributed by atoms with Gasteiger partial charge in [0.25, 0.3) is 0 Å². The molecule has 2 N–H and O–H groups in total. The Balaban J connectivity index is 1.78. The maximum atomic E-state index is 6.46. The Bertz CT molecular complexity index is 355. The van der Waals surface area contributed by atoms with Crippen LogP contribution in [0, 0.1) is 0 Å². The number of rotatable bonds is 4. The summed E-state index contributed by atoms with van der Waals surface area (Å²) in [5.41, 5.74) is 6.47. The van der Waals surface area contributed by atoms with E-state index in [1.54, 1.807) is 0 Å². The van der Waals surface area contributed by atoms with E-state index in [1.165, 1.54) is 25.7 Å². The molecule has 2 rings (SSSR count). The first-order valence-electron chi connectivity index (χ1n) is 6.85. The van der Waals surface area contributed by atoms with Crippen molar-refractivity contribution in [2.45, 2.75) is 50.5 Å². The zero-order valence-corrected chi connectivity index (χ0v) is 12.4. The quantitative estimate of drug-likeness (QED) is 0.843. The molecule has 1 aromatic rings. The van der Waals surface area contributed by atoms with Gasteiger partial charge in [0.15, 0.2) is 0 Å². The summed E-state index contributed by atoms with van der Waals surface area (Å²) in [6, 6.07) is 7.97. The van der Waals surface area contributed by atoms with E-state index in [1.807, 2.05) is 24.3 Å². The lowest BCUT2D eigenvalue weighted by Gasteiger charge is -2.27. The van der Waals surface area contributed by atoms with Crippen molar-refractivity contribution in [3.63, 3.8) is 0 Å². The Morgan fingerprint density at radius 2 is 1.67 bits per heavy atom. The molecular formula is C15H22BrNO. The average Bonchev–Trinajstić information content (AvgIpc) is 2.57. The monoisotopic (exact) mass is 311 g/mol. The van der Waals surface area contributed by atoms with Crippen LogP contribution in [0.5, 0.6) is 5.75 Å². The maximum absolute atomic E-state index is 6.46. The van der Waals surface area contributed by atoms with Gasteiger partial charge in [0.1, 0.15) is 5.75 Å². The predicted molar refractivity (Wildman–Crippen MR) is 78.9 cm³/mol. The highest BCUT2D eigenvalue weighted by molar-refractivity contribution is 9.10. The smallest absolute Gasteiger partial charge is 0.119 e. The maximum Gasteiger partial charge on any atom is 0.119 e. The van der Waals surface area contributed by atoms with Gasteiger partial charge in [-0.25, -0.2) is 0 Å². The van der Waals surface area contributed by atoms with Crippen molar-refractivity contribution in [3.8, 4) is 5.75 Å². The van der Waals surface area contributed by atoms with Crippen LogP contribution in [-0.2, 0) is 0 Å². The van der Waals surface area contributed by atoms with E-state index in [9.17, 15) is 0 Å². The normalized spacial score (nSPS) is 19.2. The summed E-state index contributed by atoms with van der Waals surface area (Å²) in [6.45, 7) is 0.720. The number of nitrogens with two attached hydrogens (primary N) is 1. The van der Waals surface area contributed by atoms with Crippen molar-refractivity contribution in [2.75, 3.05) is 6.61 Å². The van der Waals surface area contributed by atoms with Crippen molar-refractivity contribution >= 4 is 15.9 Å². The Labute approximate surface area is 118 Å². The Hall–Kier alpha value is -0.540. The highest BCUT2D eigenvalue weighted by atomic mass is 79.9. The lowest BCUT2D eigenvalue weighted by atomic mass is 9.88. The Kier molecular flexibility index (Phi) is 5.07. The van der Waals surface area contributed by atoms with Crippen LogP contribution >= 0.6 is 15.9 Å². The molecule has 1 fully saturated rings. The van der Waals surface area contributed by atoms with Crippen LogP contribution in [0.3, 0.4) is 0 Å². The molecular weight excluding hydrogens is 290 g/mol. The molecule has 3 heteroatoms. The van der Waals surface area contributed by atoms with Gasteiger partial charge in [-0.15, -0.1) is 0 Å². The van der Waals surface area contributed by atoms with Crippen molar-refractivity contribution < 1.29 is 4.74 Å². The number of ether oxygens (including phenoxy) is 1. The van der Waals surface area contributed by atoms with Gasteiger partial charge < -0.3 is 10.5 Å². The summed E-state index contributed by atoms with van der Waals surface area (Å²) in [4.78, 5) is 0. The molecule has 0 amide bonds. The van der Waals surface area contributed by atoms with Gasteiger partial charge in [0.2, 0.25) is 0 Å². The molecule has 0 radical (unpaired) electrons. The average molecular weight is 312 g/mol. The standard InChI is InChI=1S/C15H22BrNO/c16-13-5-7-14(8-6-13)18-12-11-15(17)9-3-1-2-4-10-15/h5-8H,1-4,9-12,17H2. The summed E-state index contributed by atoms with van der Waals surface area (Å²) in [5, 5.41) is 0. The van der Waals surface area contributed by atoms with E-state index >= 15 is 0 Å². The molecule has 1 aliphatic rings. The van der Waals surface area contributed by atoms with Gasteiger partial charge in [-0.05, 0) is 43.5 Å². The van der Waals surface area contributed by atoms with Gasteiger partial charge in [-0.2, -0.15) is 0 Å². The van der Waals surface area contributed by atoms with Crippen LogP contribution in [0.4, 0.5) is 0 Å². The summed E-state index contributed by atoms with van der Waals surface area (Å²) >= 11 is 3.42. The second kappa shape index (κ2) is 6.58. The molecule has 2 nitrogen and oxygen atoms in total. The van der Waals surface area contributed by atoms with Crippen LogP contribution < -0.4 is 10.5 Å². The fraction of sp³-hybridized carbons (Fsp3) is 0.600. The molecule has 1 aliphatic carbocycles. The van der Waals surface area contributed by atoms with Crippen LogP contribution in [0.25, 0.3) is 0 Å². The van der Waals surface area contributed by atoms with Crippen LogP contribution in [0.1, 0.15) is 44.9 Å². The second-order valence-corrected chi connectivity index (χ2v) is 6.24. The minimum atomic E-state index is 0.00582. The highest BCUT2D eigenvalue weighted by Crippen LogP contribution is 2.28. The van der Waals surface area contributed by atoms with Crippen molar-refractivity contribution in [1.29, 1.82) is 0 Å². The zero-order valence-electron chi connectivity index (χ0n) is 10.8. The van der Waals surface area contributed by atoms with E-state index < -0.39 is 0 Å². The van der Waals surface area contributed by atoms with Crippen LogP contribution in [-0.4, -0.2) is 12.1 Å². The first-order valence-corrected chi connectivity index (χ1v) is 7.65. The number of hydrogen-bond donors (Lipinski definition) is 1. The fourth-order valence-electron chi connectivity index (χ4n) is 2.59. The van der Waals surface area contributed by atoms with E-state index in [0.717, 1.165) is 36.1 Å². The molecule has 0 aliphatic heterocycles. The minimum absolute atomic E-state index is 0.00582. The summed E-state index contributed by atoms with van der Waals surface area (Å²) in [6.07, 6.45) is 8.49. The van der Waals surface area contributed by atoms with Crippen LogP contribution in [0.2, 0.25) is 0 Å².